The van der Waals surface area contributed by atoms with E-state index in [2.05, 4.69) is 24.8 Å². The number of rotatable bonds is 3. The number of aromatic nitrogens is 4. The third-order valence-corrected chi connectivity index (χ3v) is 3.65. The minimum atomic E-state index is 0.504. The van der Waals surface area contributed by atoms with Gasteiger partial charge in [0.25, 0.3) is 0 Å². The van der Waals surface area contributed by atoms with E-state index in [1.807, 2.05) is 25.5 Å². The van der Waals surface area contributed by atoms with Crippen molar-refractivity contribution in [1.82, 2.24) is 24.8 Å². The van der Waals surface area contributed by atoms with E-state index in [9.17, 15) is 0 Å². The van der Waals surface area contributed by atoms with Crippen molar-refractivity contribution in [1.29, 1.82) is 0 Å². The van der Waals surface area contributed by atoms with Gasteiger partial charge in [-0.05, 0) is 26.3 Å². The third-order valence-electron chi connectivity index (χ3n) is 3.65. The molecule has 0 radical (unpaired) electrons. The Kier molecular flexibility index (Phi) is 3.55. The number of hydrogen-bond donors (Lipinski definition) is 1. The summed E-state index contributed by atoms with van der Waals surface area (Å²) >= 11 is 0. The molecule has 100 valence electrons. The second-order valence-corrected chi connectivity index (χ2v) is 5.24. The molecule has 1 unspecified atom stereocenters. The summed E-state index contributed by atoms with van der Waals surface area (Å²) in [5, 5.41) is 0. The average Bonchev–Trinajstić information content (AvgIpc) is 2.92. The van der Waals surface area contributed by atoms with E-state index >= 15 is 0 Å². The van der Waals surface area contributed by atoms with Crippen LogP contribution >= 0.6 is 0 Å². The Balaban J connectivity index is 1.67. The molecule has 3 rings (SSSR count). The van der Waals surface area contributed by atoms with Crippen LogP contribution in [0.4, 0.5) is 0 Å². The van der Waals surface area contributed by atoms with Crippen molar-refractivity contribution in [3.8, 4) is 0 Å². The Morgan fingerprint density at radius 1 is 1.32 bits per heavy atom. The second kappa shape index (κ2) is 5.48. The lowest BCUT2D eigenvalue weighted by molar-refractivity contribution is 0.196. The predicted molar refractivity (Wildman–Crippen MR) is 72.6 cm³/mol. The van der Waals surface area contributed by atoms with Crippen LogP contribution in [0, 0.1) is 6.92 Å². The lowest BCUT2D eigenvalue weighted by atomic mass is 9.95. The number of aromatic amines is 1. The van der Waals surface area contributed by atoms with Crippen LogP contribution in [0.2, 0.25) is 0 Å². The van der Waals surface area contributed by atoms with E-state index in [1.165, 1.54) is 18.5 Å². The van der Waals surface area contributed by atoms with Crippen LogP contribution in [0.15, 0.2) is 24.9 Å². The van der Waals surface area contributed by atoms with Crippen molar-refractivity contribution in [2.24, 2.45) is 0 Å². The first-order valence-corrected chi connectivity index (χ1v) is 6.79. The fraction of sp³-hybridized carbons (Fsp3) is 0.500. The summed E-state index contributed by atoms with van der Waals surface area (Å²) < 4.78 is 0. The van der Waals surface area contributed by atoms with Gasteiger partial charge in [-0.15, -0.1) is 0 Å². The number of hydrogen-bond acceptors (Lipinski definition) is 4. The molecule has 0 aliphatic carbocycles. The summed E-state index contributed by atoms with van der Waals surface area (Å²) in [6.07, 6.45) is 9.79. The summed E-state index contributed by atoms with van der Waals surface area (Å²) in [4.78, 5) is 18.6. The summed E-state index contributed by atoms with van der Waals surface area (Å²) in [7, 11) is 0. The molecule has 3 heterocycles. The lowest BCUT2D eigenvalue weighted by Crippen LogP contribution is -2.34. The fourth-order valence-corrected chi connectivity index (χ4v) is 2.73. The van der Waals surface area contributed by atoms with Crippen molar-refractivity contribution >= 4 is 0 Å². The van der Waals surface area contributed by atoms with E-state index < -0.39 is 0 Å². The van der Waals surface area contributed by atoms with Gasteiger partial charge in [-0.25, -0.2) is 4.98 Å². The predicted octanol–water partition coefficient (Wildman–Crippen LogP) is 1.89. The summed E-state index contributed by atoms with van der Waals surface area (Å²) in [5.74, 6) is 0.504. The number of imidazole rings is 1. The number of likely N-dealkylation sites (tertiary alicyclic amines) is 1. The van der Waals surface area contributed by atoms with Gasteiger partial charge in [0.05, 0.1) is 17.7 Å². The first-order chi connectivity index (χ1) is 9.31. The molecule has 0 bridgehead atoms. The normalized spacial score (nSPS) is 20.6. The Morgan fingerprint density at radius 3 is 3.05 bits per heavy atom. The molecular formula is C14H19N5. The molecule has 1 saturated heterocycles. The van der Waals surface area contributed by atoms with E-state index in [0.717, 1.165) is 31.0 Å². The Hall–Kier alpha value is -1.75. The summed E-state index contributed by atoms with van der Waals surface area (Å²) in [6, 6.07) is 0. The zero-order valence-corrected chi connectivity index (χ0v) is 11.2. The molecule has 2 aromatic rings. The highest BCUT2D eigenvalue weighted by atomic mass is 15.1. The molecule has 1 aliphatic heterocycles. The van der Waals surface area contributed by atoms with Gasteiger partial charge >= 0.3 is 0 Å². The second-order valence-electron chi connectivity index (χ2n) is 5.24. The lowest BCUT2D eigenvalue weighted by Gasteiger charge is -2.31. The van der Waals surface area contributed by atoms with Crippen molar-refractivity contribution in [2.45, 2.75) is 32.2 Å². The topological polar surface area (TPSA) is 57.7 Å². The molecule has 0 spiro atoms. The van der Waals surface area contributed by atoms with Gasteiger partial charge in [0.2, 0.25) is 0 Å². The van der Waals surface area contributed by atoms with Crippen molar-refractivity contribution < 1.29 is 0 Å². The minimum absolute atomic E-state index is 0.504. The van der Waals surface area contributed by atoms with E-state index in [-0.39, 0.29) is 0 Å². The molecule has 1 atom stereocenters. The Morgan fingerprint density at radius 2 is 2.26 bits per heavy atom. The Bertz CT molecular complexity index is 522. The molecule has 0 saturated carbocycles. The van der Waals surface area contributed by atoms with Gasteiger partial charge in [-0.3, -0.25) is 14.9 Å². The van der Waals surface area contributed by atoms with Crippen LogP contribution in [-0.2, 0) is 6.54 Å². The fourth-order valence-electron chi connectivity index (χ4n) is 2.73. The molecule has 1 N–H and O–H groups in total. The molecule has 5 nitrogen and oxygen atoms in total. The highest BCUT2D eigenvalue weighted by Crippen LogP contribution is 2.25. The molecule has 1 fully saturated rings. The highest BCUT2D eigenvalue weighted by molar-refractivity contribution is 5.09. The van der Waals surface area contributed by atoms with Crippen molar-refractivity contribution in [2.75, 3.05) is 13.1 Å². The van der Waals surface area contributed by atoms with Crippen LogP contribution in [0.1, 0.15) is 35.8 Å². The summed E-state index contributed by atoms with van der Waals surface area (Å²) in [5.41, 5.74) is 3.31. The number of H-pyrrole nitrogens is 1. The maximum atomic E-state index is 4.62. The first-order valence-electron chi connectivity index (χ1n) is 6.79. The van der Waals surface area contributed by atoms with Gasteiger partial charge in [0.1, 0.15) is 0 Å². The van der Waals surface area contributed by atoms with Gasteiger partial charge in [0.15, 0.2) is 0 Å². The molecule has 19 heavy (non-hydrogen) atoms. The molecule has 5 heteroatoms. The number of nitrogens with zero attached hydrogens (tertiary/aromatic N) is 4. The Labute approximate surface area is 113 Å². The van der Waals surface area contributed by atoms with Crippen LogP contribution in [0.5, 0.6) is 0 Å². The smallest absolute Gasteiger partial charge is 0.0922 e. The van der Waals surface area contributed by atoms with Gasteiger partial charge in [0, 0.05) is 43.3 Å². The molecular weight excluding hydrogens is 238 g/mol. The van der Waals surface area contributed by atoms with Gasteiger partial charge < -0.3 is 4.98 Å². The maximum absolute atomic E-state index is 4.62. The van der Waals surface area contributed by atoms with Crippen LogP contribution in [-0.4, -0.2) is 37.9 Å². The highest BCUT2D eigenvalue weighted by Gasteiger charge is 2.22. The number of aryl methyl sites for hydroxylation is 1. The number of nitrogens with one attached hydrogen (secondary N) is 1. The quantitative estimate of drug-likeness (QED) is 0.912. The van der Waals surface area contributed by atoms with Gasteiger partial charge in [-0.2, -0.15) is 0 Å². The molecule has 1 aliphatic rings. The van der Waals surface area contributed by atoms with Crippen LogP contribution in [0.25, 0.3) is 0 Å². The zero-order valence-electron chi connectivity index (χ0n) is 11.2. The van der Waals surface area contributed by atoms with E-state index in [1.54, 1.807) is 6.33 Å². The van der Waals surface area contributed by atoms with Crippen molar-refractivity contribution in [3.05, 3.63) is 42.0 Å². The largest absolute Gasteiger partial charge is 0.347 e. The molecule has 2 aromatic heterocycles. The van der Waals surface area contributed by atoms with E-state index in [4.69, 9.17) is 0 Å². The van der Waals surface area contributed by atoms with Crippen molar-refractivity contribution in [3.63, 3.8) is 0 Å². The molecule has 0 aromatic carbocycles. The van der Waals surface area contributed by atoms with Gasteiger partial charge in [-0.1, -0.05) is 0 Å². The number of piperidine rings is 1. The van der Waals surface area contributed by atoms with E-state index in [0.29, 0.717) is 5.92 Å². The minimum Gasteiger partial charge on any atom is -0.347 e. The summed E-state index contributed by atoms with van der Waals surface area (Å²) in [6.45, 7) is 5.14. The van der Waals surface area contributed by atoms with Crippen LogP contribution < -0.4 is 0 Å². The third kappa shape index (κ3) is 2.98. The molecule has 0 amide bonds. The standard InChI is InChI=1S/C14H19N5/c1-11-5-15-7-14(18-11)12-3-2-4-19(8-12)9-13-6-16-10-17-13/h5-7,10,12H,2-4,8-9H2,1H3,(H,16,17). The maximum Gasteiger partial charge on any atom is 0.0922 e. The average molecular weight is 257 g/mol. The van der Waals surface area contributed by atoms with Crippen LogP contribution in [0.3, 0.4) is 0 Å². The monoisotopic (exact) mass is 257 g/mol. The zero-order chi connectivity index (χ0) is 13.1. The first kappa shape index (κ1) is 12.3. The SMILES string of the molecule is Cc1cncc(C2CCCN(Cc3cnc[nH]3)C2)n1.